The second-order valence-corrected chi connectivity index (χ2v) is 4.93. The first-order chi connectivity index (χ1) is 8.34. The van der Waals surface area contributed by atoms with Gasteiger partial charge in [0.25, 0.3) is 0 Å². The molecular weight excluding hydrogens is 283 g/mol. The largest absolute Gasteiger partial charge is 0.493 e. The van der Waals surface area contributed by atoms with Crippen molar-refractivity contribution >= 4 is 24.8 Å². The first-order valence-electron chi connectivity index (χ1n) is 6.55. The Morgan fingerprint density at radius 3 is 2.68 bits per heavy atom. The average Bonchev–Trinajstić information content (AvgIpc) is 2.86. The van der Waals surface area contributed by atoms with Gasteiger partial charge < -0.3 is 10.1 Å². The minimum absolute atomic E-state index is 0. The molecule has 0 aliphatic carbocycles. The van der Waals surface area contributed by atoms with E-state index in [4.69, 9.17) is 4.74 Å². The first-order valence-corrected chi connectivity index (χ1v) is 6.55. The highest BCUT2D eigenvalue weighted by atomic mass is 35.5. The second-order valence-electron chi connectivity index (χ2n) is 4.93. The van der Waals surface area contributed by atoms with Gasteiger partial charge in [-0.1, -0.05) is 12.1 Å². The lowest BCUT2D eigenvalue weighted by atomic mass is 10.0. The van der Waals surface area contributed by atoms with Gasteiger partial charge in [0.1, 0.15) is 5.75 Å². The number of ether oxygens (including phenoxy) is 1. The molecule has 1 fully saturated rings. The summed E-state index contributed by atoms with van der Waals surface area (Å²) >= 11 is 0. The van der Waals surface area contributed by atoms with E-state index in [1.54, 1.807) is 0 Å². The SMILES string of the molecule is C[C@H](c1ccc2c(c1)CCO2)N1CCNCC1.Cl.Cl. The van der Waals surface area contributed by atoms with Crippen molar-refractivity contribution in [3.8, 4) is 5.75 Å². The zero-order valence-electron chi connectivity index (χ0n) is 11.2. The van der Waals surface area contributed by atoms with Crippen molar-refractivity contribution in [3.05, 3.63) is 29.3 Å². The third kappa shape index (κ3) is 3.54. The molecule has 1 aromatic rings. The average molecular weight is 305 g/mol. The zero-order chi connectivity index (χ0) is 11.7. The predicted octanol–water partition coefficient (Wildman–Crippen LogP) is 2.43. The lowest BCUT2D eigenvalue weighted by molar-refractivity contribution is 0.185. The summed E-state index contributed by atoms with van der Waals surface area (Å²) < 4.78 is 5.56. The van der Waals surface area contributed by atoms with Crippen LogP contribution in [0.2, 0.25) is 0 Å². The van der Waals surface area contributed by atoms with E-state index in [-0.39, 0.29) is 24.8 Å². The number of nitrogens with zero attached hydrogens (tertiary/aromatic N) is 1. The molecule has 0 unspecified atom stereocenters. The molecule has 3 rings (SSSR count). The fourth-order valence-electron chi connectivity index (χ4n) is 2.75. The standard InChI is InChI=1S/C14H20N2O.2ClH/c1-11(16-7-5-15-6-8-16)12-2-3-14-13(10-12)4-9-17-14;;/h2-3,10-11,15H,4-9H2,1H3;2*1H/t11-;;/m1../s1. The topological polar surface area (TPSA) is 24.5 Å². The summed E-state index contributed by atoms with van der Waals surface area (Å²) in [6.07, 6.45) is 1.07. The Bertz CT molecular complexity index is 408. The van der Waals surface area contributed by atoms with Crippen LogP contribution in [0.4, 0.5) is 0 Å². The number of hydrogen-bond donors (Lipinski definition) is 1. The molecule has 3 nitrogen and oxygen atoms in total. The van der Waals surface area contributed by atoms with E-state index in [9.17, 15) is 0 Å². The molecule has 2 aliphatic heterocycles. The predicted molar refractivity (Wildman–Crippen MR) is 83.0 cm³/mol. The summed E-state index contributed by atoms with van der Waals surface area (Å²) in [7, 11) is 0. The smallest absolute Gasteiger partial charge is 0.122 e. The van der Waals surface area contributed by atoms with Crippen LogP contribution >= 0.6 is 24.8 Å². The van der Waals surface area contributed by atoms with Crippen LogP contribution in [0, 0.1) is 0 Å². The maximum atomic E-state index is 5.56. The van der Waals surface area contributed by atoms with Crippen LogP contribution in [0.5, 0.6) is 5.75 Å². The van der Waals surface area contributed by atoms with E-state index in [1.807, 2.05) is 0 Å². The highest BCUT2D eigenvalue weighted by Gasteiger charge is 2.20. The van der Waals surface area contributed by atoms with Gasteiger partial charge in [0, 0.05) is 38.6 Å². The molecule has 0 spiro atoms. The molecule has 0 amide bonds. The van der Waals surface area contributed by atoms with Gasteiger partial charge in [0.05, 0.1) is 6.61 Å². The number of hydrogen-bond acceptors (Lipinski definition) is 3. The van der Waals surface area contributed by atoms with Crippen molar-refractivity contribution in [1.29, 1.82) is 0 Å². The van der Waals surface area contributed by atoms with Crippen molar-refractivity contribution in [1.82, 2.24) is 10.2 Å². The van der Waals surface area contributed by atoms with Crippen LogP contribution in [0.25, 0.3) is 0 Å². The molecule has 0 bridgehead atoms. The number of fused-ring (bicyclic) bond motifs is 1. The van der Waals surface area contributed by atoms with E-state index in [2.05, 4.69) is 35.3 Å². The van der Waals surface area contributed by atoms with Crippen LogP contribution in [0.1, 0.15) is 24.1 Å². The van der Waals surface area contributed by atoms with Gasteiger partial charge in [0.15, 0.2) is 0 Å². The highest BCUT2D eigenvalue weighted by molar-refractivity contribution is 5.85. The third-order valence-electron chi connectivity index (χ3n) is 3.90. The molecular formula is C14H22Cl2N2O. The molecule has 1 atom stereocenters. The highest BCUT2D eigenvalue weighted by Crippen LogP contribution is 2.30. The van der Waals surface area contributed by atoms with Crippen LogP contribution in [-0.4, -0.2) is 37.7 Å². The zero-order valence-corrected chi connectivity index (χ0v) is 12.9. The summed E-state index contributed by atoms with van der Waals surface area (Å²) in [5.41, 5.74) is 2.81. The summed E-state index contributed by atoms with van der Waals surface area (Å²) in [6.45, 7) is 7.67. The molecule has 1 N–H and O–H groups in total. The molecule has 1 aromatic carbocycles. The Labute approximate surface area is 127 Å². The summed E-state index contributed by atoms with van der Waals surface area (Å²) in [5.74, 6) is 1.08. The Hall–Kier alpha value is -0.480. The van der Waals surface area contributed by atoms with E-state index >= 15 is 0 Å². The number of nitrogens with one attached hydrogen (secondary N) is 1. The molecule has 108 valence electrons. The van der Waals surface area contributed by atoms with Gasteiger partial charge in [-0.05, 0) is 24.1 Å². The molecule has 2 aliphatic rings. The molecule has 0 aromatic heterocycles. The minimum Gasteiger partial charge on any atom is -0.493 e. The van der Waals surface area contributed by atoms with E-state index < -0.39 is 0 Å². The number of rotatable bonds is 2. The Balaban J connectivity index is 0.000000902. The maximum absolute atomic E-state index is 5.56. The van der Waals surface area contributed by atoms with Gasteiger partial charge in [-0.3, -0.25) is 4.90 Å². The summed E-state index contributed by atoms with van der Waals surface area (Å²) in [5, 5.41) is 3.40. The van der Waals surface area contributed by atoms with Crippen molar-refractivity contribution in [2.45, 2.75) is 19.4 Å². The van der Waals surface area contributed by atoms with Gasteiger partial charge in [-0.25, -0.2) is 0 Å². The monoisotopic (exact) mass is 304 g/mol. The molecule has 0 saturated carbocycles. The lowest BCUT2D eigenvalue weighted by Crippen LogP contribution is -2.44. The second kappa shape index (κ2) is 7.34. The molecule has 19 heavy (non-hydrogen) atoms. The fourth-order valence-corrected chi connectivity index (χ4v) is 2.75. The van der Waals surface area contributed by atoms with Crippen LogP contribution < -0.4 is 10.1 Å². The number of piperazine rings is 1. The van der Waals surface area contributed by atoms with Crippen molar-refractivity contribution in [2.75, 3.05) is 32.8 Å². The van der Waals surface area contributed by atoms with Gasteiger partial charge in [-0.15, -0.1) is 24.8 Å². The van der Waals surface area contributed by atoms with Gasteiger partial charge in [-0.2, -0.15) is 0 Å². The van der Waals surface area contributed by atoms with Crippen molar-refractivity contribution in [3.63, 3.8) is 0 Å². The molecule has 1 saturated heterocycles. The van der Waals surface area contributed by atoms with Crippen molar-refractivity contribution in [2.24, 2.45) is 0 Å². The Morgan fingerprint density at radius 1 is 1.21 bits per heavy atom. The number of halogens is 2. The Kier molecular flexibility index (Phi) is 6.40. The maximum Gasteiger partial charge on any atom is 0.122 e. The molecule has 2 heterocycles. The van der Waals surface area contributed by atoms with E-state index in [1.165, 1.54) is 11.1 Å². The van der Waals surface area contributed by atoms with Gasteiger partial charge in [0.2, 0.25) is 0 Å². The molecule has 5 heteroatoms. The third-order valence-corrected chi connectivity index (χ3v) is 3.90. The van der Waals surface area contributed by atoms with Gasteiger partial charge >= 0.3 is 0 Å². The van der Waals surface area contributed by atoms with E-state index in [0.717, 1.165) is 45.0 Å². The normalized spacial score (nSPS) is 19.6. The lowest BCUT2D eigenvalue weighted by Gasteiger charge is -2.33. The first kappa shape index (κ1) is 16.6. The van der Waals surface area contributed by atoms with Crippen molar-refractivity contribution < 1.29 is 4.74 Å². The van der Waals surface area contributed by atoms with Crippen LogP contribution in [-0.2, 0) is 6.42 Å². The quantitative estimate of drug-likeness (QED) is 0.908. The minimum atomic E-state index is 0. The number of benzene rings is 1. The van der Waals surface area contributed by atoms with E-state index in [0.29, 0.717) is 6.04 Å². The molecule has 0 radical (unpaired) electrons. The van der Waals surface area contributed by atoms with Crippen LogP contribution in [0.15, 0.2) is 18.2 Å². The summed E-state index contributed by atoms with van der Waals surface area (Å²) in [6, 6.07) is 7.20. The summed E-state index contributed by atoms with van der Waals surface area (Å²) in [4.78, 5) is 2.55. The van der Waals surface area contributed by atoms with Crippen LogP contribution in [0.3, 0.4) is 0 Å². The Morgan fingerprint density at radius 2 is 1.95 bits per heavy atom. The fraction of sp³-hybridized carbons (Fsp3) is 0.571.